The van der Waals surface area contributed by atoms with Gasteiger partial charge in [0, 0.05) is 26.6 Å². The molecule has 1 N–H and O–H groups in total. The van der Waals surface area contributed by atoms with Gasteiger partial charge in [-0.25, -0.2) is 4.79 Å². The van der Waals surface area contributed by atoms with Crippen molar-refractivity contribution < 1.29 is 19.5 Å². The van der Waals surface area contributed by atoms with E-state index in [2.05, 4.69) is 0 Å². The van der Waals surface area contributed by atoms with Gasteiger partial charge >= 0.3 is 5.97 Å². The molecule has 1 aromatic rings. The van der Waals surface area contributed by atoms with E-state index in [1.165, 1.54) is 6.92 Å². The van der Waals surface area contributed by atoms with Crippen molar-refractivity contribution in [2.24, 2.45) is 0 Å². The molecule has 122 valence electrons. The summed E-state index contributed by atoms with van der Waals surface area (Å²) < 4.78 is 0. The number of fused-ring (bicyclic) bond motifs is 1. The number of likely N-dealkylation sites (tertiary alicyclic amines) is 1. The molecule has 0 spiro atoms. The number of hydrogen-bond donors (Lipinski definition) is 1. The van der Waals surface area contributed by atoms with Crippen LogP contribution in [0.15, 0.2) is 18.2 Å². The number of carboxylic acid groups (broad SMARTS) is 1. The summed E-state index contributed by atoms with van der Waals surface area (Å²) in [6, 6.07) is 4.71. The van der Waals surface area contributed by atoms with Crippen molar-refractivity contribution in [1.82, 2.24) is 9.80 Å². The SMILES string of the molecule is CC(=O)N1CCC[C@H]1C(=O)N1CCc2cc(C(=O)O)ccc2C1. The number of rotatable bonds is 2. The van der Waals surface area contributed by atoms with Crippen LogP contribution in [0.1, 0.15) is 41.3 Å². The fraction of sp³-hybridized carbons (Fsp3) is 0.471. The molecule has 0 radical (unpaired) electrons. The Morgan fingerprint density at radius 3 is 2.65 bits per heavy atom. The van der Waals surface area contributed by atoms with E-state index in [1.807, 2.05) is 0 Å². The second-order valence-electron chi connectivity index (χ2n) is 6.17. The lowest BCUT2D eigenvalue weighted by Gasteiger charge is -2.33. The van der Waals surface area contributed by atoms with Crippen molar-refractivity contribution in [1.29, 1.82) is 0 Å². The summed E-state index contributed by atoms with van der Waals surface area (Å²) in [5.41, 5.74) is 2.26. The highest BCUT2D eigenvalue weighted by Gasteiger charge is 2.36. The summed E-state index contributed by atoms with van der Waals surface area (Å²) in [6.45, 7) is 3.20. The van der Waals surface area contributed by atoms with Crippen LogP contribution in [0.25, 0.3) is 0 Å². The molecule has 1 fully saturated rings. The van der Waals surface area contributed by atoms with Crippen LogP contribution in [0.5, 0.6) is 0 Å². The minimum atomic E-state index is -0.936. The van der Waals surface area contributed by atoms with E-state index in [1.54, 1.807) is 28.0 Å². The predicted octanol–water partition coefficient (Wildman–Crippen LogP) is 1.28. The molecule has 3 rings (SSSR count). The third-order valence-corrected chi connectivity index (χ3v) is 4.72. The quantitative estimate of drug-likeness (QED) is 0.891. The Labute approximate surface area is 134 Å². The topological polar surface area (TPSA) is 77.9 Å². The Kier molecular flexibility index (Phi) is 4.07. The van der Waals surface area contributed by atoms with Gasteiger partial charge in [-0.2, -0.15) is 0 Å². The Morgan fingerprint density at radius 2 is 1.96 bits per heavy atom. The summed E-state index contributed by atoms with van der Waals surface area (Å²) in [5, 5.41) is 9.05. The smallest absolute Gasteiger partial charge is 0.335 e. The van der Waals surface area contributed by atoms with Crippen LogP contribution in [0.4, 0.5) is 0 Å². The van der Waals surface area contributed by atoms with Crippen molar-refractivity contribution in [3.05, 3.63) is 34.9 Å². The normalized spacial score (nSPS) is 20.3. The van der Waals surface area contributed by atoms with Gasteiger partial charge in [0.25, 0.3) is 0 Å². The van der Waals surface area contributed by atoms with E-state index in [0.717, 1.165) is 24.0 Å². The summed E-state index contributed by atoms with van der Waals surface area (Å²) in [7, 11) is 0. The number of hydrogen-bond acceptors (Lipinski definition) is 3. The molecule has 2 aliphatic heterocycles. The van der Waals surface area contributed by atoms with Gasteiger partial charge in [0.2, 0.25) is 11.8 Å². The summed E-state index contributed by atoms with van der Waals surface area (Å²) in [5.74, 6) is -0.982. The zero-order chi connectivity index (χ0) is 16.6. The number of nitrogens with zero attached hydrogens (tertiary/aromatic N) is 2. The van der Waals surface area contributed by atoms with Gasteiger partial charge in [0.1, 0.15) is 6.04 Å². The molecular weight excluding hydrogens is 296 g/mol. The number of carbonyl (C=O) groups is 3. The number of carbonyl (C=O) groups excluding carboxylic acids is 2. The first kappa shape index (κ1) is 15.5. The summed E-state index contributed by atoms with van der Waals surface area (Å²) in [6.07, 6.45) is 2.23. The molecule has 23 heavy (non-hydrogen) atoms. The van der Waals surface area contributed by atoms with Crippen LogP contribution in [0, 0.1) is 0 Å². The van der Waals surface area contributed by atoms with E-state index in [9.17, 15) is 14.4 Å². The first-order valence-corrected chi connectivity index (χ1v) is 7.88. The van der Waals surface area contributed by atoms with E-state index >= 15 is 0 Å². The molecule has 2 aliphatic rings. The maximum Gasteiger partial charge on any atom is 0.335 e. The molecule has 1 atom stereocenters. The van der Waals surface area contributed by atoms with Crippen LogP contribution in [0.2, 0.25) is 0 Å². The van der Waals surface area contributed by atoms with Crippen molar-refractivity contribution in [3.8, 4) is 0 Å². The van der Waals surface area contributed by atoms with Crippen molar-refractivity contribution in [2.45, 2.75) is 38.8 Å². The molecule has 1 saturated heterocycles. The Hall–Kier alpha value is -2.37. The molecule has 0 bridgehead atoms. The molecule has 2 amide bonds. The van der Waals surface area contributed by atoms with Gasteiger partial charge in [-0.05, 0) is 42.5 Å². The number of aromatic carboxylic acids is 1. The molecule has 2 heterocycles. The lowest BCUT2D eigenvalue weighted by molar-refractivity contribution is -0.143. The molecule has 0 unspecified atom stereocenters. The van der Waals surface area contributed by atoms with Crippen molar-refractivity contribution in [3.63, 3.8) is 0 Å². The fourth-order valence-electron chi connectivity index (χ4n) is 3.49. The monoisotopic (exact) mass is 316 g/mol. The molecule has 0 aliphatic carbocycles. The second-order valence-corrected chi connectivity index (χ2v) is 6.17. The van der Waals surface area contributed by atoms with Gasteiger partial charge in [-0.15, -0.1) is 0 Å². The third-order valence-electron chi connectivity index (χ3n) is 4.72. The Balaban J connectivity index is 1.75. The first-order chi connectivity index (χ1) is 11.0. The standard InChI is InChI=1S/C17H20N2O4/c1-11(20)19-7-2-3-15(19)16(21)18-8-6-12-9-13(17(22)23)4-5-14(12)10-18/h4-5,9,15H,2-3,6-8,10H2,1H3,(H,22,23)/t15-/m0/s1. The highest BCUT2D eigenvalue weighted by atomic mass is 16.4. The van der Waals surface area contributed by atoms with E-state index in [-0.39, 0.29) is 23.4 Å². The van der Waals surface area contributed by atoms with Crippen molar-refractivity contribution >= 4 is 17.8 Å². The Morgan fingerprint density at radius 1 is 1.17 bits per heavy atom. The molecule has 0 saturated carbocycles. The lowest BCUT2D eigenvalue weighted by atomic mass is 9.96. The van der Waals surface area contributed by atoms with Crippen LogP contribution in [-0.2, 0) is 22.6 Å². The van der Waals surface area contributed by atoms with E-state index < -0.39 is 5.97 Å². The average Bonchev–Trinajstić information content (AvgIpc) is 3.02. The highest BCUT2D eigenvalue weighted by molar-refractivity contribution is 5.89. The number of amides is 2. The predicted molar refractivity (Wildman–Crippen MR) is 82.9 cm³/mol. The van der Waals surface area contributed by atoms with Gasteiger partial charge in [0.05, 0.1) is 5.56 Å². The molecule has 0 aromatic heterocycles. The van der Waals surface area contributed by atoms with Crippen LogP contribution in [0.3, 0.4) is 0 Å². The molecular formula is C17H20N2O4. The highest BCUT2D eigenvalue weighted by Crippen LogP contribution is 2.25. The Bertz CT molecular complexity index is 671. The summed E-state index contributed by atoms with van der Waals surface area (Å²) in [4.78, 5) is 38.9. The second kappa shape index (κ2) is 6.02. The number of benzene rings is 1. The van der Waals surface area contributed by atoms with Gasteiger partial charge in [0.15, 0.2) is 0 Å². The zero-order valence-electron chi connectivity index (χ0n) is 13.1. The maximum atomic E-state index is 12.7. The fourth-order valence-corrected chi connectivity index (χ4v) is 3.49. The third kappa shape index (κ3) is 2.93. The lowest BCUT2D eigenvalue weighted by Crippen LogP contribution is -2.48. The van der Waals surface area contributed by atoms with Gasteiger partial charge in [-0.3, -0.25) is 9.59 Å². The molecule has 6 heteroatoms. The van der Waals surface area contributed by atoms with E-state index in [0.29, 0.717) is 26.1 Å². The summed E-state index contributed by atoms with van der Waals surface area (Å²) >= 11 is 0. The van der Waals surface area contributed by atoms with E-state index in [4.69, 9.17) is 5.11 Å². The first-order valence-electron chi connectivity index (χ1n) is 7.88. The van der Waals surface area contributed by atoms with Crippen LogP contribution >= 0.6 is 0 Å². The van der Waals surface area contributed by atoms with Gasteiger partial charge in [-0.1, -0.05) is 6.07 Å². The van der Waals surface area contributed by atoms with Crippen LogP contribution in [-0.4, -0.2) is 51.8 Å². The zero-order valence-corrected chi connectivity index (χ0v) is 13.1. The largest absolute Gasteiger partial charge is 0.478 e. The molecule has 1 aromatic carbocycles. The number of carboxylic acids is 1. The molecule has 6 nitrogen and oxygen atoms in total. The minimum absolute atomic E-state index is 0.00524. The van der Waals surface area contributed by atoms with Gasteiger partial charge < -0.3 is 14.9 Å². The van der Waals surface area contributed by atoms with Crippen molar-refractivity contribution in [2.75, 3.05) is 13.1 Å². The minimum Gasteiger partial charge on any atom is -0.478 e. The maximum absolute atomic E-state index is 12.7. The average molecular weight is 316 g/mol. The van der Waals surface area contributed by atoms with Crippen LogP contribution < -0.4 is 0 Å².